The van der Waals surface area contributed by atoms with Gasteiger partial charge >= 0.3 is 0 Å². The first-order chi connectivity index (χ1) is 31.7. The number of nitrogens with zero attached hydrogens (tertiary/aromatic N) is 2. The van der Waals surface area contributed by atoms with Crippen molar-refractivity contribution in [1.82, 2.24) is 0 Å². The Labute approximate surface area is 373 Å². The lowest BCUT2D eigenvalue weighted by Crippen LogP contribution is -2.16. The Morgan fingerprint density at radius 2 is 0.844 bits per heavy atom. The molecule has 0 bridgehead atoms. The van der Waals surface area contributed by atoms with Crippen LogP contribution < -0.4 is 9.80 Å². The van der Waals surface area contributed by atoms with Crippen molar-refractivity contribution in [2.75, 3.05) is 9.80 Å². The van der Waals surface area contributed by atoms with Crippen LogP contribution in [0.15, 0.2) is 248 Å². The largest absolute Gasteiger partial charge is 0.309 e. The summed E-state index contributed by atoms with van der Waals surface area (Å²) < 4.78 is 0. The Morgan fingerprint density at radius 1 is 0.375 bits per heavy atom. The van der Waals surface area contributed by atoms with Crippen molar-refractivity contribution in [2.45, 2.75) is 12.8 Å². The standard InChI is InChI=1S/C62H44N2/c1-2-17-49(63(59-32-15-22-43-18-3-9-26-53(43)59)61-40-46-20-5-7-24-51(46)55-28-11-13-30-57(55)61)38-42-36-45-34-35-50(39-48(45)37-42)64(60-33-16-23-44-19-4-10-27-54(44)60)62-41-47-21-6-8-25-52(47)56-29-12-14-31-58(56)62/h2-35,38-41H,1,36-37H2/b42-38+,49-17+. The highest BCUT2D eigenvalue weighted by molar-refractivity contribution is 6.17. The van der Waals surface area contributed by atoms with Gasteiger partial charge in [-0.15, -0.1) is 0 Å². The summed E-state index contributed by atoms with van der Waals surface area (Å²) >= 11 is 0. The van der Waals surface area contributed by atoms with Gasteiger partial charge in [-0.2, -0.15) is 0 Å². The van der Waals surface area contributed by atoms with E-state index in [1.165, 1.54) is 87.0 Å². The van der Waals surface area contributed by atoms with Gasteiger partial charge in [0.15, 0.2) is 0 Å². The Kier molecular flexibility index (Phi) is 9.16. The molecule has 1 aliphatic rings. The van der Waals surface area contributed by atoms with Gasteiger partial charge in [0.2, 0.25) is 0 Å². The monoisotopic (exact) mass is 816 g/mol. The first kappa shape index (κ1) is 37.6. The quantitative estimate of drug-likeness (QED) is 0.111. The maximum atomic E-state index is 4.27. The molecule has 11 aromatic carbocycles. The van der Waals surface area contributed by atoms with Crippen molar-refractivity contribution in [3.05, 3.63) is 260 Å². The molecule has 0 saturated carbocycles. The smallest absolute Gasteiger partial charge is 0.0546 e. The van der Waals surface area contributed by atoms with Crippen molar-refractivity contribution in [3.63, 3.8) is 0 Å². The predicted molar refractivity (Wildman–Crippen MR) is 275 cm³/mol. The van der Waals surface area contributed by atoms with Crippen molar-refractivity contribution >= 4 is 93.1 Å². The van der Waals surface area contributed by atoms with Gasteiger partial charge in [0, 0.05) is 32.9 Å². The molecule has 12 rings (SSSR count). The summed E-state index contributed by atoms with van der Waals surface area (Å²) in [7, 11) is 0. The average molecular weight is 817 g/mol. The Bertz CT molecular complexity index is 3710. The maximum Gasteiger partial charge on any atom is 0.0546 e. The fraction of sp³-hybridized carbons (Fsp3) is 0.0323. The molecule has 11 aromatic rings. The van der Waals surface area contributed by atoms with Gasteiger partial charge < -0.3 is 9.80 Å². The third-order valence-electron chi connectivity index (χ3n) is 13.2. The summed E-state index contributed by atoms with van der Waals surface area (Å²) in [5.41, 5.74) is 10.9. The summed E-state index contributed by atoms with van der Waals surface area (Å²) in [6, 6.07) is 77.9. The second kappa shape index (κ2) is 15.6. The molecule has 302 valence electrons. The molecule has 0 unspecified atom stereocenters. The summed E-state index contributed by atoms with van der Waals surface area (Å²) in [5.74, 6) is 0. The fourth-order valence-corrected chi connectivity index (χ4v) is 10.3. The molecule has 0 spiro atoms. The zero-order chi connectivity index (χ0) is 42.6. The van der Waals surface area contributed by atoms with Gasteiger partial charge in [-0.25, -0.2) is 0 Å². The van der Waals surface area contributed by atoms with Crippen LogP contribution in [0.2, 0.25) is 0 Å². The van der Waals surface area contributed by atoms with E-state index in [0.29, 0.717) is 0 Å². The molecule has 0 saturated heterocycles. The average Bonchev–Trinajstić information content (AvgIpc) is 3.76. The van der Waals surface area contributed by atoms with Gasteiger partial charge in [0.25, 0.3) is 0 Å². The van der Waals surface area contributed by atoms with E-state index in [4.69, 9.17) is 0 Å². The SMILES string of the molecule is C=C/C=C(\C=C1/Cc2ccc(N(c3cccc4ccccc34)c3cc4ccccc4c4ccccc34)cc2C1)N(c1cccc2ccccc12)c1cc2ccccc2c2ccccc12. The van der Waals surface area contributed by atoms with Gasteiger partial charge in [-0.1, -0.05) is 194 Å². The lowest BCUT2D eigenvalue weighted by Gasteiger charge is -2.30. The highest BCUT2D eigenvalue weighted by Gasteiger charge is 2.25. The van der Waals surface area contributed by atoms with Gasteiger partial charge in [-0.05, 0) is 116 Å². The third kappa shape index (κ3) is 6.34. The number of allylic oxidation sites excluding steroid dienone is 4. The summed E-state index contributed by atoms with van der Waals surface area (Å²) in [4.78, 5) is 4.96. The van der Waals surface area contributed by atoms with Crippen LogP contribution in [0.5, 0.6) is 0 Å². The van der Waals surface area contributed by atoms with Crippen LogP contribution in [0.25, 0.3) is 64.6 Å². The topological polar surface area (TPSA) is 6.48 Å². The fourth-order valence-electron chi connectivity index (χ4n) is 10.3. The number of hydrogen-bond donors (Lipinski definition) is 0. The molecule has 1 aliphatic carbocycles. The molecular weight excluding hydrogens is 773 g/mol. The summed E-state index contributed by atoms with van der Waals surface area (Å²) in [6.45, 7) is 4.27. The highest BCUT2D eigenvalue weighted by Crippen LogP contribution is 2.47. The molecule has 0 radical (unpaired) electrons. The zero-order valence-corrected chi connectivity index (χ0v) is 35.5. The summed E-state index contributed by atoms with van der Waals surface area (Å²) in [6.07, 6.45) is 8.26. The van der Waals surface area contributed by atoms with E-state index in [2.05, 4.69) is 241 Å². The molecule has 0 amide bonds. The Balaban J connectivity index is 1.02. The Hall–Kier alpha value is -8.20. The number of rotatable bonds is 8. The van der Waals surface area contributed by atoms with E-state index < -0.39 is 0 Å². The highest BCUT2D eigenvalue weighted by atomic mass is 15.2. The van der Waals surface area contributed by atoms with Crippen LogP contribution in [0.3, 0.4) is 0 Å². The van der Waals surface area contributed by atoms with Crippen LogP contribution in [0, 0.1) is 0 Å². The molecular formula is C62H44N2. The second-order valence-corrected chi connectivity index (χ2v) is 16.9. The van der Waals surface area contributed by atoms with Gasteiger partial charge in [-0.3, -0.25) is 0 Å². The van der Waals surface area contributed by atoms with Crippen LogP contribution in [0.4, 0.5) is 28.4 Å². The third-order valence-corrected chi connectivity index (χ3v) is 13.2. The zero-order valence-electron chi connectivity index (χ0n) is 35.5. The molecule has 0 aliphatic heterocycles. The van der Waals surface area contributed by atoms with Crippen molar-refractivity contribution < 1.29 is 0 Å². The molecule has 0 atom stereocenters. The van der Waals surface area contributed by atoms with E-state index >= 15 is 0 Å². The van der Waals surface area contributed by atoms with Crippen molar-refractivity contribution in [3.8, 4) is 0 Å². The molecule has 2 nitrogen and oxygen atoms in total. The van der Waals surface area contributed by atoms with E-state index in [1.54, 1.807) is 0 Å². The minimum Gasteiger partial charge on any atom is -0.309 e. The normalized spacial score (nSPS) is 13.4. The van der Waals surface area contributed by atoms with E-state index in [-0.39, 0.29) is 0 Å². The lowest BCUT2D eigenvalue weighted by molar-refractivity contribution is 1.13. The van der Waals surface area contributed by atoms with Crippen molar-refractivity contribution in [2.24, 2.45) is 0 Å². The molecule has 0 fully saturated rings. The van der Waals surface area contributed by atoms with E-state index in [1.807, 2.05) is 6.08 Å². The van der Waals surface area contributed by atoms with Gasteiger partial charge in [0.1, 0.15) is 0 Å². The molecule has 0 aromatic heterocycles. The van der Waals surface area contributed by atoms with Crippen LogP contribution >= 0.6 is 0 Å². The van der Waals surface area contributed by atoms with Gasteiger partial charge in [0.05, 0.1) is 22.7 Å². The predicted octanol–water partition coefficient (Wildman–Crippen LogP) is 17.0. The first-order valence-electron chi connectivity index (χ1n) is 22.2. The molecule has 0 N–H and O–H groups in total. The van der Waals surface area contributed by atoms with E-state index in [9.17, 15) is 0 Å². The summed E-state index contributed by atoms with van der Waals surface area (Å²) in [5, 5.41) is 14.7. The van der Waals surface area contributed by atoms with E-state index in [0.717, 1.165) is 41.3 Å². The number of benzene rings is 11. The molecule has 64 heavy (non-hydrogen) atoms. The van der Waals surface area contributed by atoms with Crippen molar-refractivity contribution in [1.29, 1.82) is 0 Å². The minimum absolute atomic E-state index is 0.849. The second-order valence-electron chi connectivity index (χ2n) is 16.9. The molecule has 0 heterocycles. The van der Waals surface area contributed by atoms with Crippen LogP contribution in [0.1, 0.15) is 11.1 Å². The molecule has 2 heteroatoms. The Morgan fingerprint density at radius 3 is 1.47 bits per heavy atom. The van der Waals surface area contributed by atoms with Crippen LogP contribution in [-0.2, 0) is 12.8 Å². The maximum absolute atomic E-state index is 4.27. The number of fused-ring (bicyclic) bond motifs is 9. The number of anilines is 5. The number of hydrogen-bond acceptors (Lipinski definition) is 2. The first-order valence-corrected chi connectivity index (χ1v) is 22.2. The lowest BCUT2D eigenvalue weighted by atomic mass is 9.98. The minimum atomic E-state index is 0.849. The van der Waals surface area contributed by atoms with Crippen LogP contribution in [-0.4, -0.2) is 0 Å².